The predicted molar refractivity (Wildman–Crippen MR) is 90.5 cm³/mol. The number of nitrogens with zero attached hydrogens (tertiary/aromatic N) is 4. The fraction of sp³-hybridized carbons (Fsp3) is 0.600. The standard InChI is InChI=1S/C15H24N6OS/c1-10(13-20-17-9-21(13)5)18-14(22)16-7-6-12-19-11(8-23-12)15(2,3)4/h8-10H,6-7H2,1-5H3,(H2,16,18,22). The summed E-state index contributed by atoms with van der Waals surface area (Å²) >= 11 is 1.64. The average Bonchev–Trinajstić information content (AvgIpc) is 3.06. The van der Waals surface area contributed by atoms with Crippen LogP contribution < -0.4 is 10.6 Å². The van der Waals surface area contributed by atoms with E-state index in [0.717, 1.165) is 22.9 Å². The van der Waals surface area contributed by atoms with Gasteiger partial charge in [0.05, 0.1) is 16.7 Å². The SMILES string of the molecule is CC(NC(=O)NCCc1nc(C(C)(C)C)cs1)c1nncn1C. The summed E-state index contributed by atoms with van der Waals surface area (Å²) in [7, 11) is 1.85. The molecule has 0 aliphatic heterocycles. The molecule has 0 bridgehead atoms. The first-order valence-corrected chi connectivity index (χ1v) is 8.48. The van der Waals surface area contributed by atoms with Gasteiger partial charge >= 0.3 is 6.03 Å². The number of rotatable bonds is 5. The van der Waals surface area contributed by atoms with Crippen LogP contribution in [-0.2, 0) is 18.9 Å². The van der Waals surface area contributed by atoms with Crippen molar-refractivity contribution in [3.8, 4) is 0 Å². The lowest BCUT2D eigenvalue weighted by Gasteiger charge is -2.14. The van der Waals surface area contributed by atoms with Crippen molar-refractivity contribution in [3.63, 3.8) is 0 Å². The normalized spacial score (nSPS) is 12.9. The Labute approximate surface area is 140 Å². The van der Waals surface area contributed by atoms with Gasteiger partial charge in [0, 0.05) is 30.8 Å². The number of nitrogens with one attached hydrogen (secondary N) is 2. The Morgan fingerprint density at radius 1 is 1.43 bits per heavy atom. The molecule has 2 aromatic heterocycles. The molecule has 0 saturated heterocycles. The molecular weight excluding hydrogens is 312 g/mol. The fourth-order valence-electron chi connectivity index (χ4n) is 2.05. The Morgan fingerprint density at radius 2 is 2.17 bits per heavy atom. The highest BCUT2D eigenvalue weighted by molar-refractivity contribution is 7.09. The summed E-state index contributed by atoms with van der Waals surface area (Å²) < 4.78 is 1.79. The van der Waals surface area contributed by atoms with E-state index in [4.69, 9.17) is 0 Å². The first kappa shape index (κ1) is 17.4. The topological polar surface area (TPSA) is 84.7 Å². The average molecular weight is 336 g/mol. The molecule has 2 N–H and O–H groups in total. The third kappa shape index (κ3) is 4.75. The van der Waals surface area contributed by atoms with Crippen LogP contribution in [0.25, 0.3) is 0 Å². The summed E-state index contributed by atoms with van der Waals surface area (Å²) in [6, 6.07) is -0.414. The first-order valence-electron chi connectivity index (χ1n) is 7.60. The number of hydrogen-bond donors (Lipinski definition) is 2. The minimum atomic E-state index is -0.215. The van der Waals surface area contributed by atoms with E-state index < -0.39 is 0 Å². The van der Waals surface area contributed by atoms with E-state index in [1.165, 1.54) is 0 Å². The highest BCUT2D eigenvalue weighted by atomic mass is 32.1. The van der Waals surface area contributed by atoms with E-state index in [0.29, 0.717) is 6.54 Å². The zero-order valence-corrected chi connectivity index (χ0v) is 15.1. The van der Waals surface area contributed by atoms with Crippen molar-refractivity contribution in [1.82, 2.24) is 30.4 Å². The molecular formula is C15H24N6OS. The van der Waals surface area contributed by atoms with Gasteiger partial charge in [-0.3, -0.25) is 0 Å². The van der Waals surface area contributed by atoms with Gasteiger partial charge in [-0.1, -0.05) is 20.8 Å². The summed E-state index contributed by atoms with van der Waals surface area (Å²) in [4.78, 5) is 16.5. The Morgan fingerprint density at radius 3 is 2.74 bits per heavy atom. The molecule has 7 nitrogen and oxygen atoms in total. The van der Waals surface area contributed by atoms with Crippen LogP contribution in [0, 0.1) is 0 Å². The molecule has 2 aromatic rings. The van der Waals surface area contributed by atoms with Crippen molar-refractivity contribution >= 4 is 17.4 Å². The number of carbonyl (C=O) groups excluding carboxylic acids is 1. The van der Waals surface area contributed by atoms with Gasteiger partial charge in [0.15, 0.2) is 5.82 Å². The molecule has 23 heavy (non-hydrogen) atoms. The smallest absolute Gasteiger partial charge is 0.315 e. The van der Waals surface area contributed by atoms with Crippen molar-refractivity contribution in [1.29, 1.82) is 0 Å². The number of hydrogen-bond acceptors (Lipinski definition) is 5. The van der Waals surface area contributed by atoms with Crippen molar-refractivity contribution in [3.05, 3.63) is 28.2 Å². The first-order chi connectivity index (χ1) is 10.8. The van der Waals surface area contributed by atoms with Gasteiger partial charge in [-0.15, -0.1) is 21.5 Å². The zero-order chi connectivity index (χ0) is 17.0. The molecule has 0 saturated carbocycles. The summed E-state index contributed by atoms with van der Waals surface area (Å²) in [6.07, 6.45) is 2.34. The van der Waals surface area contributed by atoms with E-state index in [1.54, 1.807) is 22.2 Å². The van der Waals surface area contributed by atoms with E-state index in [-0.39, 0.29) is 17.5 Å². The number of thiazole rings is 1. The molecule has 0 radical (unpaired) electrons. The van der Waals surface area contributed by atoms with Gasteiger partial charge in [-0.25, -0.2) is 9.78 Å². The summed E-state index contributed by atoms with van der Waals surface area (Å²) in [6.45, 7) is 8.86. The summed E-state index contributed by atoms with van der Waals surface area (Å²) in [5, 5.41) is 16.6. The number of carbonyl (C=O) groups is 1. The largest absolute Gasteiger partial charge is 0.338 e. The molecule has 8 heteroatoms. The van der Waals surface area contributed by atoms with Gasteiger partial charge in [0.25, 0.3) is 0 Å². The second-order valence-corrected chi connectivity index (χ2v) is 7.49. The lowest BCUT2D eigenvalue weighted by molar-refractivity contribution is 0.237. The van der Waals surface area contributed by atoms with E-state index in [1.807, 2.05) is 14.0 Å². The number of urea groups is 1. The molecule has 2 rings (SSSR count). The minimum absolute atomic E-state index is 0.0606. The van der Waals surface area contributed by atoms with Gasteiger partial charge < -0.3 is 15.2 Å². The Hall–Kier alpha value is -1.96. The zero-order valence-electron chi connectivity index (χ0n) is 14.3. The van der Waals surface area contributed by atoms with Crippen LogP contribution in [0.3, 0.4) is 0 Å². The molecule has 0 fully saturated rings. The third-order valence-corrected chi connectivity index (χ3v) is 4.33. The van der Waals surface area contributed by atoms with Crippen LogP contribution in [0.4, 0.5) is 4.79 Å². The van der Waals surface area contributed by atoms with Crippen LogP contribution in [0.2, 0.25) is 0 Å². The molecule has 2 heterocycles. The van der Waals surface area contributed by atoms with Gasteiger partial charge in [0.2, 0.25) is 0 Å². The Balaban J connectivity index is 1.77. The molecule has 0 spiro atoms. The molecule has 1 unspecified atom stereocenters. The molecule has 2 amide bonds. The number of amides is 2. The van der Waals surface area contributed by atoms with E-state index >= 15 is 0 Å². The predicted octanol–water partition coefficient (Wildman–Crippen LogP) is 2.17. The summed E-state index contributed by atoms with van der Waals surface area (Å²) in [5.74, 6) is 0.717. The molecule has 0 aliphatic rings. The van der Waals surface area contributed by atoms with Crippen molar-refractivity contribution < 1.29 is 4.79 Å². The van der Waals surface area contributed by atoms with Crippen LogP contribution >= 0.6 is 11.3 Å². The van der Waals surface area contributed by atoms with Crippen LogP contribution in [0.5, 0.6) is 0 Å². The van der Waals surface area contributed by atoms with Gasteiger partial charge in [-0.05, 0) is 6.92 Å². The maximum Gasteiger partial charge on any atom is 0.315 e. The quantitative estimate of drug-likeness (QED) is 0.876. The van der Waals surface area contributed by atoms with Gasteiger partial charge in [0.1, 0.15) is 6.33 Å². The monoisotopic (exact) mass is 336 g/mol. The maximum absolute atomic E-state index is 11.9. The van der Waals surface area contributed by atoms with Crippen molar-refractivity contribution in [2.75, 3.05) is 6.54 Å². The van der Waals surface area contributed by atoms with Crippen LogP contribution in [0.15, 0.2) is 11.7 Å². The highest BCUT2D eigenvalue weighted by Gasteiger charge is 2.17. The Kier molecular flexibility index (Phi) is 5.35. The Bertz CT molecular complexity index is 657. The van der Waals surface area contributed by atoms with Gasteiger partial charge in [-0.2, -0.15) is 0 Å². The highest BCUT2D eigenvalue weighted by Crippen LogP contribution is 2.23. The van der Waals surface area contributed by atoms with Crippen molar-refractivity contribution in [2.45, 2.75) is 45.6 Å². The number of aromatic nitrogens is 4. The maximum atomic E-state index is 11.9. The van der Waals surface area contributed by atoms with E-state index in [2.05, 4.69) is 52.0 Å². The van der Waals surface area contributed by atoms with Crippen LogP contribution in [0.1, 0.15) is 50.3 Å². The molecule has 0 aliphatic carbocycles. The third-order valence-electron chi connectivity index (χ3n) is 3.43. The lowest BCUT2D eigenvalue weighted by Crippen LogP contribution is -2.38. The lowest BCUT2D eigenvalue weighted by atomic mass is 9.93. The minimum Gasteiger partial charge on any atom is -0.338 e. The fourth-order valence-corrected chi connectivity index (χ4v) is 3.07. The molecule has 0 aromatic carbocycles. The van der Waals surface area contributed by atoms with Crippen LogP contribution in [-0.4, -0.2) is 32.3 Å². The molecule has 126 valence electrons. The summed E-state index contributed by atoms with van der Waals surface area (Å²) in [5.41, 5.74) is 1.16. The second-order valence-electron chi connectivity index (χ2n) is 6.55. The number of aryl methyl sites for hydroxylation is 1. The van der Waals surface area contributed by atoms with Crippen molar-refractivity contribution in [2.24, 2.45) is 7.05 Å². The molecule has 1 atom stereocenters. The second kappa shape index (κ2) is 7.08. The van der Waals surface area contributed by atoms with E-state index in [9.17, 15) is 4.79 Å².